The van der Waals surface area contributed by atoms with Crippen LogP contribution in [0.3, 0.4) is 0 Å². The van der Waals surface area contributed by atoms with Crippen molar-refractivity contribution in [2.75, 3.05) is 24.2 Å². The van der Waals surface area contributed by atoms with Crippen molar-refractivity contribution in [3.8, 4) is 0 Å². The van der Waals surface area contributed by atoms with Gasteiger partial charge in [0, 0.05) is 36.9 Å². The van der Waals surface area contributed by atoms with Crippen molar-refractivity contribution in [2.45, 2.75) is 23.4 Å². The van der Waals surface area contributed by atoms with E-state index in [0.717, 1.165) is 17.0 Å². The van der Waals surface area contributed by atoms with Gasteiger partial charge in [-0.3, -0.25) is 9.59 Å². The minimum atomic E-state index is -1.05. The van der Waals surface area contributed by atoms with Crippen LogP contribution in [0.5, 0.6) is 0 Å². The Morgan fingerprint density at radius 3 is 2.46 bits per heavy atom. The van der Waals surface area contributed by atoms with E-state index in [-0.39, 0.29) is 17.2 Å². The van der Waals surface area contributed by atoms with Gasteiger partial charge in [0.1, 0.15) is 5.66 Å². The highest BCUT2D eigenvalue weighted by Gasteiger charge is 2.41. The van der Waals surface area contributed by atoms with Crippen molar-refractivity contribution >= 4 is 29.3 Å². The Hall–Kier alpha value is -2.61. The van der Waals surface area contributed by atoms with Crippen LogP contribution in [0.25, 0.3) is 0 Å². The second-order valence-corrected chi connectivity index (χ2v) is 8.00. The maximum Gasteiger partial charge on any atom is 0.255 e. The zero-order chi connectivity index (χ0) is 19.7. The van der Waals surface area contributed by atoms with Gasteiger partial charge in [0.15, 0.2) is 11.6 Å². The van der Waals surface area contributed by atoms with E-state index in [1.165, 1.54) is 11.8 Å². The highest BCUT2D eigenvalue weighted by molar-refractivity contribution is 8.00. The Morgan fingerprint density at radius 2 is 1.75 bits per heavy atom. The fourth-order valence-corrected chi connectivity index (χ4v) is 4.38. The van der Waals surface area contributed by atoms with Crippen LogP contribution in [0.2, 0.25) is 0 Å². The van der Waals surface area contributed by atoms with E-state index in [9.17, 15) is 18.4 Å². The Kier molecular flexibility index (Phi) is 4.97. The lowest BCUT2D eigenvalue weighted by Gasteiger charge is -2.45. The molecular weight excluding hydrogens is 384 g/mol. The van der Waals surface area contributed by atoms with Gasteiger partial charge >= 0.3 is 0 Å². The third-order valence-electron chi connectivity index (χ3n) is 5.11. The van der Waals surface area contributed by atoms with Crippen molar-refractivity contribution in [3.05, 3.63) is 59.7 Å². The quantitative estimate of drug-likeness (QED) is 0.773. The SMILES string of the molecule is O=C1NC2(CCN(C(=O)CSc3ccccc3)CC2)Nc2cc(F)c(F)cc21. The molecule has 2 aromatic rings. The largest absolute Gasteiger partial charge is 0.362 e. The number of nitrogens with zero attached hydrogens (tertiary/aromatic N) is 1. The third-order valence-corrected chi connectivity index (χ3v) is 6.10. The van der Waals surface area contributed by atoms with E-state index in [4.69, 9.17) is 0 Å². The fraction of sp³-hybridized carbons (Fsp3) is 0.300. The molecule has 1 saturated heterocycles. The van der Waals surface area contributed by atoms with Crippen molar-refractivity contribution in [3.63, 3.8) is 0 Å². The van der Waals surface area contributed by atoms with E-state index in [1.807, 2.05) is 30.3 Å². The lowest BCUT2D eigenvalue weighted by atomic mass is 9.92. The van der Waals surface area contributed by atoms with Crippen LogP contribution in [-0.4, -0.2) is 41.2 Å². The summed E-state index contributed by atoms with van der Waals surface area (Å²) < 4.78 is 27.0. The van der Waals surface area contributed by atoms with Gasteiger partial charge in [-0.05, 0) is 18.2 Å². The second kappa shape index (κ2) is 7.43. The van der Waals surface area contributed by atoms with E-state index >= 15 is 0 Å². The van der Waals surface area contributed by atoms with Crippen LogP contribution in [0.15, 0.2) is 47.4 Å². The van der Waals surface area contributed by atoms with Crippen molar-refractivity contribution < 1.29 is 18.4 Å². The zero-order valence-electron chi connectivity index (χ0n) is 15.0. The van der Waals surface area contributed by atoms with Crippen molar-refractivity contribution in [1.82, 2.24) is 10.2 Å². The van der Waals surface area contributed by atoms with E-state index in [2.05, 4.69) is 10.6 Å². The molecule has 1 fully saturated rings. The van der Waals surface area contributed by atoms with Gasteiger partial charge in [0.25, 0.3) is 5.91 Å². The summed E-state index contributed by atoms with van der Waals surface area (Å²) in [5, 5.41) is 6.02. The highest BCUT2D eigenvalue weighted by Crippen LogP contribution is 2.33. The number of halogens is 2. The number of hydrogen-bond acceptors (Lipinski definition) is 4. The van der Waals surface area contributed by atoms with Crippen LogP contribution in [-0.2, 0) is 4.79 Å². The number of hydrogen-bond donors (Lipinski definition) is 2. The molecule has 0 unspecified atom stereocenters. The molecule has 0 radical (unpaired) electrons. The molecule has 0 atom stereocenters. The normalized spacial score (nSPS) is 17.6. The van der Waals surface area contributed by atoms with E-state index in [1.54, 1.807) is 4.90 Å². The number of fused-ring (bicyclic) bond motifs is 1. The number of rotatable bonds is 3. The monoisotopic (exact) mass is 403 g/mol. The number of thioether (sulfide) groups is 1. The average molecular weight is 403 g/mol. The molecule has 1 spiro atoms. The van der Waals surface area contributed by atoms with Crippen molar-refractivity contribution in [1.29, 1.82) is 0 Å². The lowest BCUT2D eigenvalue weighted by Crippen LogP contribution is -2.62. The maximum atomic E-state index is 13.6. The summed E-state index contributed by atoms with van der Waals surface area (Å²) in [6.45, 7) is 0.945. The maximum absolute atomic E-state index is 13.6. The highest BCUT2D eigenvalue weighted by atomic mass is 32.2. The number of anilines is 1. The molecule has 0 aromatic heterocycles. The number of carbonyl (C=O) groups excluding carboxylic acids is 2. The predicted octanol–water partition coefficient (Wildman–Crippen LogP) is 3.23. The van der Waals surface area contributed by atoms with Gasteiger partial charge in [-0.25, -0.2) is 8.78 Å². The Labute approximate surface area is 165 Å². The Morgan fingerprint density at radius 1 is 1.07 bits per heavy atom. The molecular formula is C20H19F2N3O2S. The summed E-state index contributed by atoms with van der Waals surface area (Å²) in [4.78, 5) is 27.7. The molecule has 0 saturated carbocycles. The smallest absolute Gasteiger partial charge is 0.255 e. The standard InChI is InChI=1S/C20H19F2N3O2S/c21-15-10-14-17(11-16(15)22)23-20(24-19(14)27)6-8-25(9-7-20)18(26)12-28-13-4-2-1-3-5-13/h1-5,10-11,23H,6-9,12H2,(H,24,27). The summed E-state index contributed by atoms with van der Waals surface area (Å²) >= 11 is 1.49. The van der Waals surface area contributed by atoms with E-state index in [0.29, 0.717) is 31.7 Å². The first-order chi connectivity index (χ1) is 13.5. The molecule has 0 aliphatic carbocycles. The first kappa shape index (κ1) is 18.7. The molecule has 146 valence electrons. The van der Waals surface area contributed by atoms with Gasteiger partial charge < -0.3 is 15.5 Å². The van der Waals surface area contributed by atoms with E-state index < -0.39 is 23.2 Å². The molecule has 8 heteroatoms. The van der Waals surface area contributed by atoms with Crippen molar-refractivity contribution in [2.24, 2.45) is 0 Å². The molecule has 5 nitrogen and oxygen atoms in total. The number of benzene rings is 2. The molecule has 2 heterocycles. The van der Waals surface area contributed by atoms with Gasteiger partial charge in [0.2, 0.25) is 5.91 Å². The Balaban J connectivity index is 1.39. The van der Waals surface area contributed by atoms with Crippen LogP contribution < -0.4 is 10.6 Å². The van der Waals surface area contributed by atoms with Gasteiger partial charge in [-0.15, -0.1) is 11.8 Å². The lowest BCUT2D eigenvalue weighted by molar-refractivity contribution is -0.129. The van der Waals surface area contributed by atoms with Gasteiger partial charge in [0.05, 0.1) is 17.0 Å². The summed E-state index contributed by atoms with van der Waals surface area (Å²) in [7, 11) is 0. The molecule has 2 aliphatic heterocycles. The number of carbonyl (C=O) groups is 2. The minimum absolute atomic E-state index is 0.0411. The topological polar surface area (TPSA) is 61.4 Å². The zero-order valence-corrected chi connectivity index (χ0v) is 15.8. The second-order valence-electron chi connectivity index (χ2n) is 6.96. The fourth-order valence-electron chi connectivity index (χ4n) is 3.55. The summed E-state index contributed by atoms with van der Waals surface area (Å²) in [5.74, 6) is -2.10. The average Bonchev–Trinajstić information content (AvgIpc) is 2.69. The number of nitrogens with one attached hydrogen (secondary N) is 2. The number of piperidine rings is 1. The van der Waals surface area contributed by atoms with Gasteiger partial charge in [-0.1, -0.05) is 18.2 Å². The minimum Gasteiger partial charge on any atom is -0.362 e. The summed E-state index contributed by atoms with van der Waals surface area (Å²) in [5.41, 5.74) is -0.387. The molecule has 2 N–H and O–H groups in total. The third kappa shape index (κ3) is 3.69. The van der Waals surface area contributed by atoms with Crippen LogP contribution >= 0.6 is 11.8 Å². The summed E-state index contributed by atoms with van der Waals surface area (Å²) in [6.07, 6.45) is 0.970. The summed E-state index contributed by atoms with van der Waals surface area (Å²) in [6, 6.07) is 11.6. The molecule has 2 aromatic carbocycles. The predicted molar refractivity (Wildman–Crippen MR) is 103 cm³/mol. The number of amides is 2. The van der Waals surface area contributed by atoms with Crippen LogP contribution in [0.4, 0.5) is 14.5 Å². The van der Waals surface area contributed by atoms with Gasteiger partial charge in [-0.2, -0.15) is 0 Å². The first-order valence-corrected chi connectivity index (χ1v) is 10.00. The molecule has 2 amide bonds. The molecule has 0 bridgehead atoms. The first-order valence-electron chi connectivity index (χ1n) is 9.01. The van der Waals surface area contributed by atoms with Crippen LogP contribution in [0, 0.1) is 11.6 Å². The molecule has 2 aliphatic rings. The molecule has 4 rings (SSSR count). The van der Waals surface area contributed by atoms with Crippen LogP contribution in [0.1, 0.15) is 23.2 Å². The number of likely N-dealkylation sites (tertiary alicyclic amines) is 1. The molecule has 28 heavy (non-hydrogen) atoms. The Bertz CT molecular complexity index is 915.